The fourth-order valence-electron chi connectivity index (χ4n) is 2.09. The number of halogens is 3. The summed E-state index contributed by atoms with van der Waals surface area (Å²) in [7, 11) is 0. The van der Waals surface area contributed by atoms with E-state index in [4.69, 9.17) is 10.5 Å². The Labute approximate surface area is 108 Å². The van der Waals surface area contributed by atoms with Crippen molar-refractivity contribution in [3.63, 3.8) is 0 Å². The van der Waals surface area contributed by atoms with Crippen molar-refractivity contribution in [2.75, 3.05) is 12.4 Å². The van der Waals surface area contributed by atoms with Crippen molar-refractivity contribution in [1.29, 1.82) is 0 Å². The molecule has 1 heterocycles. The number of alkyl halides is 3. The minimum atomic E-state index is -4.19. The van der Waals surface area contributed by atoms with Gasteiger partial charge >= 0.3 is 5.51 Å². The Balaban J connectivity index is 2.08. The largest absolute Gasteiger partial charge is 0.493 e. The van der Waals surface area contributed by atoms with Gasteiger partial charge in [0, 0.05) is 23.3 Å². The zero-order valence-electron chi connectivity index (χ0n) is 9.67. The Morgan fingerprint density at radius 3 is 2.78 bits per heavy atom. The van der Waals surface area contributed by atoms with E-state index < -0.39 is 11.0 Å². The zero-order chi connectivity index (χ0) is 13.2. The number of hydrogen-bond acceptors (Lipinski definition) is 3. The van der Waals surface area contributed by atoms with Gasteiger partial charge in [0.2, 0.25) is 0 Å². The molecule has 0 fully saturated rings. The molecule has 1 aromatic carbocycles. The number of rotatable bonds is 3. The lowest BCUT2D eigenvalue weighted by Crippen LogP contribution is -2.42. The van der Waals surface area contributed by atoms with E-state index in [0.717, 1.165) is 5.56 Å². The van der Waals surface area contributed by atoms with Gasteiger partial charge in [-0.25, -0.2) is 0 Å². The predicted octanol–water partition coefficient (Wildman–Crippen LogP) is 3.27. The maximum atomic E-state index is 12.1. The molecule has 0 saturated carbocycles. The van der Waals surface area contributed by atoms with Crippen LogP contribution in [0.3, 0.4) is 0 Å². The average Bonchev–Trinajstić information content (AvgIpc) is 2.28. The third-order valence-corrected chi connectivity index (χ3v) is 3.78. The van der Waals surface area contributed by atoms with Crippen molar-refractivity contribution < 1.29 is 17.9 Å². The van der Waals surface area contributed by atoms with Crippen LogP contribution >= 0.6 is 11.8 Å². The topological polar surface area (TPSA) is 35.2 Å². The number of benzene rings is 1. The molecule has 1 unspecified atom stereocenters. The molecular formula is C12H14F3NOS. The standard InChI is InChI=1S/C12H14F3NOS/c13-12(14,15)18-8-6-11(16)5-7-17-10-4-2-1-3-9(10)11/h1-4H,5-8,16H2. The maximum Gasteiger partial charge on any atom is 0.441 e. The molecule has 0 radical (unpaired) electrons. The molecule has 1 aromatic rings. The highest BCUT2D eigenvalue weighted by Gasteiger charge is 2.35. The number of hydrogen-bond donors (Lipinski definition) is 1. The van der Waals surface area contributed by atoms with Crippen molar-refractivity contribution in [3.05, 3.63) is 29.8 Å². The summed E-state index contributed by atoms with van der Waals surface area (Å²) in [6.45, 7) is 0.449. The van der Waals surface area contributed by atoms with Crippen LogP contribution in [0.4, 0.5) is 13.2 Å². The van der Waals surface area contributed by atoms with E-state index in [1.54, 1.807) is 6.07 Å². The van der Waals surface area contributed by atoms with Crippen molar-refractivity contribution in [3.8, 4) is 5.75 Å². The summed E-state index contributed by atoms with van der Waals surface area (Å²) < 4.78 is 41.8. The Morgan fingerprint density at radius 2 is 2.06 bits per heavy atom. The molecule has 1 atom stereocenters. The number of fused-ring (bicyclic) bond motifs is 1. The second kappa shape index (κ2) is 5.01. The van der Waals surface area contributed by atoms with Gasteiger partial charge in [0.05, 0.1) is 6.61 Å². The lowest BCUT2D eigenvalue weighted by molar-refractivity contribution is -0.0328. The van der Waals surface area contributed by atoms with E-state index in [9.17, 15) is 13.2 Å². The van der Waals surface area contributed by atoms with Gasteiger partial charge in [-0.15, -0.1) is 0 Å². The van der Waals surface area contributed by atoms with Crippen molar-refractivity contribution in [2.45, 2.75) is 23.9 Å². The monoisotopic (exact) mass is 277 g/mol. The van der Waals surface area contributed by atoms with Gasteiger partial charge in [-0.05, 0) is 12.5 Å². The van der Waals surface area contributed by atoms with Gasteiger partial charge in [0.15, 0.2) is 0 Å². The Kier molecular flexibility index (Phi) is 3.77. The van der Waals surface area contributed by atoms with Crippen LogP contribution < -0.4 is 10.5 Å². The first-order valence-corrected chi connectivity index (χ1v) is 6.61. The Hall–Kier alpha value is -0.880. The first-order chi connectivity index (χ1) is 8.41. The first kappa shape index (κ1) is 13.5. The van der Waals surface area contributed by atoms with Crippen LogP contribution in [0.2, 0.25) is 0 Å². The fourth-order valence-corrected chi connectivity index (χ4v) is 2.79. The van der Waals surface area contributed by atoms with Crippen LogP contribution in [-0.4, -0.2) is 17.9 Å². The molecule has 18 heavy (non-hydrogen) atoms. The summed E-state index contributed by atoms with van der Waals surface area (Å²) in [6.07, 6.45) is 0.833. The molecule has 2 rings (SSSR count). The average molecular weight is 277 g/mol. The zero-order valence-corrected chi connectivity index (χ0v) is 10.5. The van der Waals surface area contributed by atoms with E-state index in [0.29, 0.717) is 18.8 Å². The molecule has 0 aliphatic carbocycles. The van der Waals surface area contributed by atoms with Crippen molar-refractivity contribution in [2.24, 2.45) is 5.73 Å². The van der Waals surface area contributed by atoms with Gasteiger partial charge in [-0.2, -0.15) is 13.2 Å². The molecule has 0 spiro atoms. The molecular weight excluding hydrogens is 263 g/mol. The van der Waals surface area contributed by atoms with E-state index in [2.05, 4.69) is 0 Å². The normalized spacial score (nSPS) is 23.3. The minimum Gasteiger partial charge on any atom is -0.493 e. The van der Waals surface area contributed by atoms with Crippen LogP contribution in [0.25, 0.3) is 0 Å². The molecule has 0 amide bonds. The summed E-state index contributed by atoms with van der Waals surface area (Å²) in [5, 5.41) is 0. The summed E-state index contributed by atoms with van der Waals surface area (Å²) >= 11 is -0.0204. The van der Waals surface area contributed by atoms with Gasteiger partial charge < -0.3 is 10.5 Å². The quantitative estimate of drug-likeness (QED) is 0.921. The summed E-state index contributed by atoms with van der Waals surface area (Å²) in [5.41, 5.74) is 2.14. The van der Waals surface area contributed by atoms with E-state index >= 15 is 0 Å². The lowest BCUT2D eigenvalue weighted by Gasteiger charge is -2.35. The highest BCUT2D eigenvalue weighted by atomic mass is 32.2. The number of ether oxygens (including phenoxy) is 1. The second-order valence-corrected chi connectivity index (χ2v) is 5.45. The van der Waals surface area contributed by atoms with Crippen molar-refractivity contribution in [1.82, 2.24) is 0 Å². The molecule has 0 saturated heterocycles. The molecule has 2 nitrogen and oxygen atoms in total. The SMILES string of the molecule is NC1(CCSC(F)(F)F)CCOc2ccccc21. The smallest absolute Gasteiger partial charge is 0.441 e. The number of para-hydroxylation sites is 1. The van der Waals surface area contributed by atoms with Gasteiger partial charge in [0.25, 0.3) is 0 Å². The van der Waals surface area contributed by atoms with Crippen LogP contribution in [-0.2, 0) is 5.54 Å². The fraction of sp³-hybridized carbons (Fsp3) is 0.500. The molecule has 1 aliphatic rings. The van der Waals surface area contributed by atoms with Crippen LogP contribution in [0.5, 0.6) is 5.75 Å². The maximum absolute atomic E-state index is 12.1. The van der Waals surface area contributed by atoms with Crippen LogP contribution in [0.15, 0.2) is 24.3 Å². The number of nitrogens with two attached hydrogens (primary N) is 1. The summed E-state index contributed by atoms with van der Waals surface area (Å²) in [5.74, 6) is 0.650. The first-order valence-electron chi connectivity index (χ1n) is 5.63. The van der Waals surface area contributed by atoms with Crippen LogP contribution in [0, 0.1) is 0 Å². The van der Waals surface area contributed by atoms with E-state index in [-0.39, 0.29) is 23.9 Å². The predicted molar refractivity (Wildman–Crippen MR) is 65.5 cm³/mol. The second-order valence-electron chi connectivity index (χ2n) is 4.29. The van der Waals surface area contributed by atoms with Gasteiger partial charge in [0.1, 0.15) is 5.75 Å². The van der Waals surface area contributed by atoms with E-state index in [1.807, 2.05) is 18.2 Å². The molecule has 2 N–H and O–H groups in total. The van der Waals surface area contributed by atoms with Gasteiger partial charge in [-0.3, -0.25) is 0 Å². The third-order valence-electron chi connectivity index (χ3n) is 3.04. The van der Waals surface area contributed by atoms with E-state index in [1.165, 1.54) is 0 Å². The highest BCUT2D eigenvalue weighted by Crippen LogP contribution is 2.39. The summed E-state index contributed by atoms with van der Waals surface area (Å²) in [6, 6.07) is 7.28. The Bertz CT molecular complexity index is 424. The third kappa shape index (κ3) is 3.11. The minimum absolute atomic E-state index is 0.0204. The van der Waals surface area contributed by atoms with Crippen molar-refractivity contribution >= 4 is 11.8 Å². The molecule has 0 aromatic heterocycles. The summed E-state index contributed by atoms with van der Waals surface area (Å²) in [4.78, 5) is 0. The molecule has 0 bridgehead atoms. The lowest BCUT2D eigenvalue weighted by atomic mass is 9.83. The molecule has 100 valence electrons. The highest BCUT2D eigenvalue weighted by molar-refractivity contribution is 8.00. The van der Waals surface area contributed by atoms with Crippen LogP contribution in [0.1, 0.15) is 18.4 Å². The Morgan fingerprint density at radius 1 is 1.33 bits per heavy atom. The molecule has 1 aliphatic heterocycles. The molecule has 6 heteroatoms. The van der Waals surface area contributed by atoms with Gasteiger partial charge in [-0.1, -0.05) is 30.0 Å². The number of thioether (sulfide) groups is 1.